The molecule has 2 amide bonds. The van der Waals surface area contributed by atoms with Gasteiger partial charge in [-0.1, -0.05) is 17.4 Å². The van der Waals surface area contributed by atoms with Crippen molar-refractivity contribution in [2.45, 2.75) is 13.5 Å². The molecule has 0 aliphatic carbocycles. The Morgan fingerprint density at radius 1 is 1.21 bits per heavy atom. The van der Waals surface area contributed by atoms with Crippen LogP contribution in [0.5, 0.6) is 0 Å². The third-order valence-corrected chi connectivity index (χ3v) is 5.14. The number of nitrogens with zero attached hydrogens (tertiary/aromatic N) is 4. The standard InChI is InChI=1S/C19H14N4O5S/c1-3-6-22-16(25)12-5-4-11(8-13(12)17(22)26)18(27)28-9-14-21-23-15(24)7-10(2)20-19(23)29-14/h3-5,7-8H,1,6,9H2,2H3. The molecular formula is C19H14N4O5S. The van der Waals surface area contributed by atoms with Crippen molar-refractivity contribution in [1.82, 2.24) is 19.5 Å². The van der Waals surface area contributed by atoms with E-state index in [1.54, 1.807) is 6.92 Å². The van der Waals surface area contributed by atoms with Crippen molar-refractivity contribution in [2.24, 2.45) is 0 Å². The van der Waals surface area contributed by atoms with Crippen LogP contribution >= 0.6 is 11.3 Å². The number of hydrogen-bond acceptors (Lipinski definition) is 8. The van der Waals surface area contributed by atoms with Gasteiger partial charge in [-0.05, 0) is 25.1 Å². The van der Waals surface area contributed by atoms with Crippen LogP contribution in [0.4, 0.5) is 0 Å². The Hall–Kier alpha value is -3.66. The highest BCUT2D eigenvalue weighted by Crippen LogP contribution is 2.24. The quantitative estimate of drug-likeness (QED) is 0.357. The number of carbonyl (C=O) groups excluding carboxylic acids is 3. The number of aryl methyl sites for hydroxylation is 1. The first-order chi connectivity index (χ1) is 13.9. The molecule has 0 saturated carbocycles. The van der Waals surface area contributed by atoms with Crippen molar-refractivity contribution < 1.29 is 19.1 Å². The molecule has 10 heteroatoms. The van der Waals surface area contributed by atoms with Crippen LogP contribution in [-0.4, -0.2) is 43.8 Å². The van der Waals surface area contributed by atoms with Gasteiger partial charge >= 0.3 is 5.97 Å². The molecule has 0 fully saturated rings. The number of benzene rings is 1. The zero-order chi connectivity index (χ0) is 20.7. The molecule has 0 radical (unpaired) electrons. The molecule has 0 bridgehead atoms. The molecule has 146 valence electrons. The molecule has 9 nitrogen and oxygen atoms in total. The summed E-state index contributed by atoms with van der Waals surface area (Å²) < 4.78 is 6.40. The SMILES string of the molecule is C=CCN1C(=O)c2ccc(C(=O)OCc3nn4c(=O)cc(C)nc4s3)cc2C1=O. The van der Waals surface area contributed by atoms with E-state index in [4.69, 9.17) is 4.74 Å². The van der Waals surface area contributed by atoms with E-state index in [0.29, 0.717) is 15.7 Å². The number of hydrogen-bond donors (Lipinski definition) is 0. The van der Waals surface area contributed by atoms with Gasteiger partial charge in [0, 0.05) is 18.3 Å². The minimum absolute atomic E-state index is 0.0939. The van der Waals surface area contributed by atoms with E-state index in [2.05, 4.69) is 16.7 Å². The smallest absolute Gasteiger partial charge is 0.338 e. The molecule has 1 aromatic carbocycles. The van der Waals surface area contributed by atoms with Crippen LogP contribution in [0.1, 0.15) is 41.8 Å². The average Bonchev–Trinajstić information content (AvgIpc) is 3.21. The van der Waals surface area contributed by atoms with Crippen LogP contribution in [-0.2, 0) is 11.3 Å². The number of rotatable bonds is 5. The van der Waals surface area contributed by atoms with E-state index in [1.807, 2.05) is 0 Å². The van der Waals surface area contributed by atoms with Crippen molar-refractivity contribution in [3.05, 3.63) is 74.7 Å². The topological polar surface area (TPSA) is 111 Å². The first kappa shape index (κ1) is 18.7. The number of ether oxygens (including phenoxy) is 1. The van der Waals surface area contributed by atoms with E-state index in [0.717, 1.165) is 20.8 Å². The summed E-state index contributed by atoms with van der Waals surface area (Å²) in [5.41, 5.74) is 0.785. The number of aromatic nitrogens is 3. The summed E-state index contributed by atoms with van der Waals surface area (Å²) in [6.07, 6.45) is 1.45. The first-order valence-electron chi connectivity index (χ1n) is 8.53. The van der Waals surface area contributed by atoms with Gasteiger partial charge in [0.05, 0.1) is 16.7 Å². The summed E-state index contributed by atoms with van der Waals surface area (Å²) in [7, 11) is 0. The summed E-state index contributed by atoms with van der Waals surface area (Å²) in [5.74, 6) is -1.58. The maximum absolute atomic E-state index is 12.4. The third-order valence-electron chi connectivity index (χ3n) is 4.26. The summed E-state index contributed by atoms with van der Waals surface area (Å²) in [6.45, 7) is 5.17. The lowest BCUT2D eigenvalue weighted by Crippen LogP contribution is -2.29. The Morgan fingerprint density at radius 2 is 1.97 bits per heavy atom. The Kier molecular flexibility index (Phi) is 4.55. The molecule has 2 aromatic heterocycles. The first-order valence-corrected chi connectivity index (χ1v) is 9.35. The van der Waals surface area contributed by atoms with Gasteiger partial charge in [-0.3, -0.25) is 19.3 Å². The summed E-state index contributed by atoms with van der Waals surface area (Å²) in [4.78, 5) is 54.6. The highest BCUT2D eigenvalue weighted by atomic mass is 32.1. The lowest BCUT2D eigenvalue weighted by molar-refractivity contribution is 0.0471. The molecule has 1 aliphatic heterocycles. The highest BCUT2D eigenvalue weighted by Gasteiger charge is 2.35. The molecule has 29 heavy (non-hydrogen) atoms. The second-order valence-corrected chi connectivity index (χ2v) is 7.31. The van der Waals surface area contributed by atoms with E-state index < -0.39 is 17.8 Å². The summed E-state index contributed by atoms with van der Waals surface area (Å²) in [5, 5.41) is 4.50. The van der Waals surface area contributed by atoms with Gasteiger partial charge in [0.2, 0.25) is 4.96 Å². The lowest BCUT2D eigenvalue weighted by atomic mass is 10.1. The zero-order valence-electron chi connectivity index (χ0n) is 15.2. The van der Waals surface area contributed by atoms with Crippen molar-refractivity contribution >= 4 is 34.1 Å². The third kappa shape index (κ3) is 3.23. The predicted octanol–water partition coefficient (Wildman–Crippen LogP) is 1.60. The maximum atomic E-state index is 12.4. The number of esters is 1. The zero-order valence-corrected chi connectivity index (χ0v) is 16.1. The predicted molar refractivity (Wildman–Crippen MR) is 103 cm³/mol. The second-order valence-electron chi connectivity index (χ2n) is 6.27. The molecule has 0 saturated heterocycles. The number of carbonyl (C=O) groups is 3. The minimum Gasteiger partial charge on any atom is -0.455 e. The van der Waals surface area contributed by atoms with Gasteiger partial charge in [0.1, 0.15) is 6.61 Å². The van der Waals surface area contributed by atoms with Crippen LogP contribution in [0.25, 0.3) is 4.96 Å². The van der Waals surface area contributed by atoms with Gasteiger partial charge < -0.3 is 4.74 Å². The fourth-order valence-electron chi connectivity index (χ4n) is 2.94. The molecule has 0 unspecified atom stereocenters. The Morgan fingerprint density at radius 3 is 2.72 bits per heavy atom. The van der Waals surface area contributed by atoms with Crippen LogP contribution in [0.3, 0.4) is 0 Å². The van der Waals surface area contributed by atoms with E-state index in [9.17, 15) is 19.2 Å². The molecule has 4 rings (SSSR count). The van der Waals surface area contributed by atoms with Gasteiger partial charge in [-0.2, -0.15) is 9.61 Å². The second kappa shape index (κ2) is 7.06. The van der Waals surface area contributed by atoms with Crippen LogP contribution in [0.15, 0.2) is 41.7 Å². The van der Waals surface area contributed by atoms with Crippen molar-refractivity contribution in [2.75, 3.05) is 6.54 Å². The highest BCUT2D eigenvalue weighted by molar-refractivity contribution is 7.16. The average molecular weight is 410 g/mol. The minimum atomic E-state index is -0.675. The fourth-order valence-corrected chi connectivity index (χ4v) is 3.80. The normalized spacial score (nSPS) is 13.1. The van der Waals surface area contributed by atoms with Gasteiger partial charge in [0.15, 0.2) is 5.01 Å². The van der Waals surface area contributed by atoms with Gasteiger partial charge in [-0.25, -0.2) is 9.78 Å². The fraction of sp³-hybridized carbons (Fsp3) is 0.158. The summed E-state index contributed by atoms with van der Waals surface area (Å²) >= 11 is 1.14. The van der Waals surface area contributed by atoms with E-state index in [1.165, 1.54) is 30.3 Å². The van der Waals surface area contributed by atoms with Crippen molar-refractivity contribution in [3.63, 3.8) is 0 Å². The Balaban J connectivity index is 1.52. The molecular weight excluding hydrogens is 396 g/mol. The van der Waals surface area contributed by atoms with Gasteiger partial charge in [0.25, 0.3) is 17.4 Å². The number of fused-ring (bicyclic) bond motifs is 2. The van der Waals surface area contributed by atoms with Gasteiger partial charge in [-0.15, -0.1) is 6.58 Å². The van der Waals surface area contributed by atoms with E-state index >= 15 is 0 Å². The molecule has 1 aliphatic rings. The summed E-state index contributed by atoms with van der Waals surface area (Å²) in [6, 6.07) is 5.56. The Labute approximate surface area is 167 Å². The largest absolute Gasteiger partial charge is 0.455 e. The lowest BCUT2D eigenvalue weighted by Gasteiger charge is -2.09. The maximum Gasteiger partial charge on any atom is 0.338 e. The Bertz CT molecular complexity index is 1260. The van der Waals surface area contributed by atoms with Crippen LogP contribution in [0, 0.1) is 6.92 Å². The molecule has 0 N–H and O–H groups in total. The monoisotopic (exact) mass is 410 g/mol. The van der Waals surface area contributed by atoms with E-state index in [-0.39, 0.29) is 35.4 Å². The molecule has 3 heterocycles. The van der Waals surface area contributed by atoms with Crippen molar-refractivity contribution in [3.8, 4) is 0 Å². The van der Waals surface area contributed by atoms with Crippen LogP contribution in [0.2, 0.25) is 0 Å². The molecule has 0 atom stereocenters. The number of imide groups is 1. The van der Waals surface area contributed by atoms with Crippen LogP contribution < -0.4 is 5.56 Å². The van der Waals surface area contributed by atoms with Crippen molar-refractivity contribution in [1.29, 1.82) is 0 Å². The molecule has 3 aromatic rings. The number of amides is 2. The molecule has 0 spiro atoms.